The van der Waals surface area contributed by atoms with Crippen LogP contribution >= 0.6 is 0 Å². The van der Waals surface area contributed by atoms with E-state index in [1.165, 1.54) is 17.8 Å². The molecule has 0 atom stereocenters. The minimum Gasteiger partial charge on any atom is -0.339 e. The van der Waals surface area contributed by atoms with Gasteiger partial charge in [0.05, 0.1) is 0 Å². The van der Waals surface area contributed by atoms with Gasteiger partial charge < -0.3 is 4.90 Å². The Hall–Kier alpha value is -2.75. The van der Waals surface area contributed by atoms with Crippen molar-refractivity contribution in [2.24, 2.45) is 10.9 Å². The second-order valence-electron chi connectivity index (χ2n) is 6.86. The van der Waals surface area contributed by atoms with Gasteiger partial charge in [0.25, 0.3) is 5.91 Å². The average Bonchev–Trinajstić information content (AvgIpc) is 3.23. The van der Waals surface area contributed by atoms with Gasteiger partial charge in [0, 0.05) is 42.9 Å². The van der Waals surface area contributed by atoms with Gasteiger partial charge in [-0.15, -0.1) is 0 Å². The summed E-state index contributed by atoms with van der Waals surface area (Å²) in [5.41, 5.74) is 3.89. The molecule has 0 aliphatic carbocycles. The Morgan fingerprint density at radius 1 is 0.962 bits per heavy atom. The van der Waals surface area contributed by atoms with E-state index in [-0.39, 0.29) is 11.7 Å². The second-order valence-corrected chi connectivity index (χ2v) is 6.86. The van der Waals surface area contributed by atoms with Gasteiger partial charge in [-0.25, -0.2) is 4.39 Å². The highest BCUT2D eigenvalue weighted by Crippen LogP contribution is 2.25. The van der Waals surface area contributed by atoms with Crippen LogP contribution in [-0.2, 0) is 0 Å². The molecule has 2 heterocycles. The summed E-state index contributed by atoms with van der Waals surface area (Å²) in [6, 6.07) is 14.0. The third-order valence-corrected chi connectivity index (χ3v) is 5.24. The summed E-state index contributed by atoms with van der Waals surface area (Å²) in [6.45, 7) is 1.56. The van der Waals surface area contributed by atoms with Crippen LogP contribution in [0.5, 0.6) is 0 Å². The zero-order chi connectivity index (χ0) is 17.9. The molecular formula is C22H21FN2O. The summed E-state index contributed by atoms with van der Waals surface area (Å²) in [6.07, 6.45) is 6.91. The van der Waals surface area contributed by atoms with Crippen molar-refractivity contribution in [1.29, 1.82) is 0 Å². The standard InChI is InChI=1S/C22H21FN2O/c23-20-9-7-17(8-10-20)16-3-5-19(6-4-16)22(26)25-14-11-18(12-15-25)21-2-1-13-24-21/h1,3-10,13,18H,2,11-12,14-15H2. The van der Waals surface area contributed by atoms with E-state index in [0.29, 0.717) is 11.5 Å². The highest BCUT2D eigenvalue weighted by molar-refractivity contribution is 5.95. The van der Waals surface area contributed by atoms with Gasteiger partial charge >= 0.3 is 0 Å². The first-order chi connectivity index (χ1) is 12.7. The molecule has 1 fully saturated rings. The molecule has 0 saturated carbocycles. The average molecular weight is 348 g/mol. The van der Waals surface area contributed by atoms with Crippen molar-refractivity contribution in [3.8, 4) is 11.1 Å². The number of carbonyl (C=O) groups excluding carboxylic acids is 1. The van der Waals surface area contributed by atoms with Crippen LogP contribution in [0.25, 0.3) is 11.1 Å². The summed E-state index contributed by atoms with van der Waals surface area (Å²) in [7, 11) is 0. The highest BCUT2D eigenvalue weighted by atomic mass is 19.1. The lowest BCUT2D eigenvalue weighted by molar-refractivity contribution is 0.0710. The van der Waals surface area contributed by atoms with Crippen LogP contribution < -0.4 is 0 Å². The predicted molar refractivity (Wildman–Crippen MR) is 102 cm³/mol. The molecule has 0 aromatic heterocycles. The van der Waals surface area contributed by atoms with Gasteiger partial charge in [-0.05, 0) is 48.2 Å². The number of likely N-dealkylation sites (tertiary alicyclic amines) is 1. The molecule has 1 saturated heterocycles. The van der Waals surface area contributed by atoms with Crippen LogP contribution in [-0.4, -0.2) is 29.6 Å². The van der Waals surface area contributed by atoms with Gasteiger partial charge in [0.2, 0.25) is 0 Å². The first-order valence-electron chi connectivity index (χ1n) is 9.07. The fraction of sp³-hybridized carbons (Fsp3) is 0.273. The summed E-state index contributed by atoms with van der Waals surface area (Å²) in [5.74, 6) is 0.346. The van der Waals surface area contributed by atoms with E-state index >= 15 is 0 Å². The van der Waals surface area contributed by atoms with E-state index in [4.69, 9.17) is 0 Å². The van der Waals surface area contributed by atoms with E-state index < -0.39 is 0 Å². The lowest BCUT2D eigenvalue weighted by Gasteiger charge is -2.32. The van der Waals surface area contributed by atoms with E-state index in [9.17, 15) is 9.18 Å². The summed E-state index contributed by atoms with van der Waals surface area (Å²) >= 11 is 0. The molecule has 0 spiro atoms. The van der Waals surface area contributed by atoms with Crippen molar-refractivity contribution < 1.29 is 9.18 Å². The highest BCUT2D eigenvalue weighted by Gasteiger charge is 2.26. The number of hydrogen-bond donors (Lipinski definition) is 0. The van der Waals surface area contributed by atoms with Crippen LogP contribution in [0.3, 0.4) is 0 Å². The number of piperidine rings is 1. The zero-order valence-electron chi connectivity index (χ0n) is 14.6. The van der Waals surface area contributed by atoms with Gasteiger partial charge in [-0.2, -0.15) is 0 Å². The topological polar surface area (TPSA) is 32.7 Å². The number of benzene rings is 2. The number of amides is 1. The molecule has 132 valence electrons. The smallest absolute Gasteiger partial charge is 0.253 e. The Morgan fingerprint density at radius 2 is 1.58 bits per heavy atom. The van der Waals surface area contributed by atoms with Crippen LogP contribution in [0.2, 0.25) is 0 Å². The van der Waals surface area contributed by atoms with Gasteiger partial charge in [-0.3, -0.25) is 9.79 Å². The Morgan fingerprint density at radius 3 is 2.15 bits per heavy atom. The maximum Gasteiger partial charge on any atom is 0.253 e. The number of nitrogens with zero attached hydrogens (tertiary/aromatic N) is 2. The molecule has 26 heavy (non-hydrogen) atoms. The zero-order valence-corrected chi connectivity index (χ0v) is 14.6. The predicted octanol–water partition coefficient (Wildman–Crippen LogP) is 4.70. The quantitative estimate of drug-likeness (QED) is 0.791. The first kappa shape index (κ1) is 16.7. The number of allylic oxidation sites excluding steroid dienone is 1. The van der Waals surface area contributed by atoms with Crippen LogP contribution in [0.15, 0.2) is 65.8 Å². The van der Waals surface area contributed by atoms with E-state index in [1.807, 2.05) is 35.4 Å². The molecule has 3 nitrogen and oxygen atoms in total. The Bertz CT molecular complexity index is 845. The molecule has 2 aromatic carbocycles. The SMILES string of the molecule is O=C(c1ccc(-c2ccc(F)cc2)cc1)N1CCC(C2=NC=CC2)CC1. The van der Waals surface area contributed by atoms with Crippen LogP contribution in [0.4, 0.5) is 4.39 Å². The van der Waals surface area contributed by atoms with Crippen molar-refractivity contribution in [2.75, 3.05) is 13.1 Å². The van der Waals surface area contributed by atoms with Crippen molar-refractivity contribution >= 4 is 11.6 Å². The fourth-order valence-corrected chi connectivity index (χ4v) is 3.69. The molecule has 2 aromatic rings. The van der Waals surface area contributed by atoms with Crippen molar-refractivity contribution in [2.45, 2.75) is 19.3 Å². The first-order valence-corrected chi connectivity index (χ1v) is 9.07. The third kappa shape index (κ3) is 3.45. The van der Waals surface area contributed by atoms with Crippen molar-refractivity contribution in [3.63, 3.8) is 0 Å². The lowest BCUT2D eigenvalue weighted by atomic mass is 9.90. The summed E-state index contributed by atoms with van der Waals surface area (Å²) < 4.78 is 13.0. The molecule has 4 heteroatoms. The summed E-state index contributed by atoms with van der Waals surface area (Å²) in [4.78, 5) is 19.1. The molecule has 2 aliphatic heterocycles. The molecule has 0 radical (unpaired) electrons. The van der Waals surface area contributed by atoms with Crippen molar-refractivity contribution in [1.82, 2.24) is 4.90 Å². The minimum absolute atomic E-state index is 0.0839. The van der Waals surface area contributed by atoms with E-state index in [1.54, 1.807) is 12.1 Å². The Kier molecular flexibility index (Phi) is 4.65. The molecule has 0 N–H and O–H groups in total. The van der Waals surface area contributed by atoms with E-state index in [2.05, 4.69) is 11.1 Å². The van der Waals surface area contributed by atoms with Gasteiger partial charge in [0.15, 0.2) is 0 Å². The monoisotopic (exact) mass is 348 g/mol. The fourth-order valence-electron chi connectivity index (χ4n) is 3.69. The molecular weight excluding hydrogens is 327 g/mol. The number of aliphatic imine (C=N–C) groups is 1. The minimum atomic E-state index is -0.247. The Balaban J connectivity index is 1.40. The van der Waals surface area contributed by atoms with Crippen LogP contribution in [0.1, 0.15) is 29.6 Å². The maximum atomic E-state index is 13.0. The molecule has 1 amide bonds. The molecule has 4 rings (SSSR count). The van der Waals surface area contributed by atoms with Crippen LogP contribution in [0, 0.1) is 11.7 Å². The number of rotatable bonds is 3. The van der Waals surface area contributed by atoms with E-state index in [0.717, 1.165) is 43.5 Å². The number of halogens is 1. The van der Waals surface area contributed by atoms with Crippen molar-refractivity contribution in [3.05, 3.63) is 72.2 Å². The molecule has 0 unspecified atom stereocenters. The largest absolute Gasteiger partial charge is 0.339 e. The Labute approximate surface area is 152 Å². The van der Waals surface area contributed by atoms with Gasteiger partial charge in [0.1, 0.15) is 5.82 Å². The maximum absolute atomic E-state index is 13.0. The second kappa shape index (κ2) is 7.24. The molecule has 2 aliphatic rings. The van der Waals surface area contributed by atoms with Gasteiger partial charge in [-0.1, -0.05) is 30.3 Å². The molecule has 0 bridgehead atoms. The number of hydrogen-bond acceptors (Lipinski definition) is 2. The summed E-state index contributed by atoms with van der Waals surface area (Å²) in [5, 5.41) is 0. The lowest BCUT2D eigenvalue weighted by Crippen LogP contribution is -2.40. The normalized spacial score (nSPS) is 17.4. The third-order valence-electron chi connectivity index (χ3n) is 5.24. The number of carbonyl (C=O) groups is 1.